The van der Waals surface area contributed by atoms with Gasteiger partial charge in [-0.05, 0) is 17.7 Å². The summed E-state index contributed by atoms with van der Waals surface area (Å²) < 4.78 is 11.2. The van der Waals surface area contributed by atoms with Crippen LogP contribution in [0.25, 0.3) is 0 Å². The maximum Gasteiger partial charge on any atom is 0.124 e. The molecule has 0 aliphatic carbocycles. The first-order valence-electron chi connectivity index (χ1n) is 7.16. The minimum absolute atomic E-state index is 0.235. The zero-order valence-electron chi connectivity index (χ0n) is 11.3. The maximum atomic E-state index is 5.87. The Labute approximate surface area is 114 Å². The van der Waals surface area contributed by atoms with E-state index in [2.05, 4.69) is 34.5 Å². The van der Waals surface area contributed by atoms with Gasteiger partial charge in [-0.15, -0.1) is 0 Å². The van der Waals surface area contributed by atoms with Crippen LogP contribution in [0.4, 0.5) is 0 Å². The summed E-state index contributed by atoms with van der Waals surface area (Å²) in [4.78, 5) is 2.48. The summed E-state index contributed by atoms with van der Waals surface area (Å²) in [5.74, 6) is 0.958. The summed E-state index contributed by atoms with van der Waals surface area (Å²) in [7, 11) is 0. The van der Waals surface area contributed by atoms with Gasteiger partial charge in [-0.25, -0.2) is 0 Å². The van der Waals surface area contributed by atoms with E-state index < -0.39 is 0 Å². The Bertz CT molecular complexity index is 382. The van der Waals surface area contributed by atoms with E-state index in [-0.39, 0.29) is 6.10 Å². The molecule has 104 valence electrons. The summed E-state index contributed by atoms with van der Waals surface area (Å²) in [6.07, 6.45) is 1.24. The number of nitrogens with one attached hydrogen (secondary N) is 1. The fraction of sp³-hybridized carbons (Fsp3) is 0.600. The van der Waals surface area contributed by atoms with Crippen LogP contribution in [0.5, 0.6) is 5.75 Å². The van der Waals surface area contributed by atoms with Gasteiger partial charge in [0.25, 0.3) is 0 Å². The summed E-state index contributed by atoms with van der Waals surface area (Å²) in [5, 5.41) is 3.38. The van der Waals surface area contributed by atoms with E-state index in [9.17, 15) is 0 Å². The van der Waals surface area contributed by atoms with Gasteiger partial charge in [-0.1, -0.05) is 12.1 Å². The quantitative estimate of drug-likeness (QED) is 0.886. The summed E-state index contributed by atoms with van der Waals surface area (Å²) in [5.41, 5.74) is 1.36. The van der Waals surface area contributed by atoms with Crippen LogP contribution in [-0.2, 0) is 11.3 Å². The van der Waals surface area contributed by atoms with Crippen molar-refractivity contribution in [2.75, 3.05) is 39.4 Å². The third-order valence-electron chi connectivity index (χ3n) is 3.73. The average molecular weight is 262 g/mol. The Balaban J connectivity index is 1.52. The van der Waals surface area contributed by atoms with Crippen LogP contribution in [0.2, 0.25) is 0 Å². The first kappa shape index (κ1) is 12.9. The molecule has 1 unspecified atom stereocenters. The lowest BCUT2D eigenvalue weighted by Crippen LogP contribution is -2.42. The lowest BCUT2D eigenvalue weighted by Gasteiger charge is -2.27. The predicted molar refractivity (Wildman–Crippen MR) is 74.4 cm³/mol. The Morgan fingerprint density at radius 1 is 1.21 bits per heavy atom. The van der Waals surface area contributed by atoms with Crippen molar-refractivity contribution >= 4 is 0 Å². The second kappa shape index (κ2) is 6.37. The van der Waals surface area contributed by atoms with Gasteiger partial charge in [-0.2, -0.15) is 0 Å². The first-order chi connectivity index (χ1) is 9.40. The van der Waals surface area contributed by atoms with Crippen LogP contribution in [0.15, 0.2) is 24.3 Å². The van der Waals surface area contributed by atoms with E-state index in [1.54, 1.807) is 0 Å². The van der Waals surface area contributed by atoms with Gasteiger partial charge >= 0.3 is 0 Å². The number of rotatable bonds is 4. The first-order valence-corrected chi connectivity index (χ1v) is 7.16. The molecule has 4 heteroatoms. The molecule has 1 aromatic carbocycles. The number of hydrogen-bond donors (Lipinski definition) is 1. The van der Waals surface area contributed by atoms with Crippen molar-refractivity contribution in [3.63, 3.8) is 0 Å². The Morgan fingerprint density at radius 2 is 2.00 bits per heavy atom. The van der Waals surface area contributed by atoms with E-state index in [0.717, 1.165) is 58.1 Å². The van der Waals surface area contributed by atoms with Crippen molar-refractivity contribution in [2.24, 2.45) is 0 Å². The second-order valence-corrected chi connectivity index (χ2v) is 5.27. The molecule has 2 fully saturated rings. The van der Waals surface area contributed by atoms with Crippen LogP contribution in [0.3, 0.4) is 0 Å². The topological polar surface area (TPSA) is 33.7 Å². The smallest absolute Gasteiger partial charge is 0.124 e. The second-order valence-electron chi connectivity index (χ2n) is 5.27. The van der Waals surface area contributed by atoms with Crippen LogP contribution in [0, 0.1) is 0 Å². The molecule has 1 atom stereocenters. The van der Waals surface area contributed by atoms with E-state index in [4.69, 9.17) is 9.47 Å². The number of piperazine rings is 1. The van der Waals surface area contributed by atoms with Crippen molar-refractivity contribution < 1.29 is 9.47 Å². The van der Waals surface area contributed by atoms with E-state index >= 15 is 0 Å². The lowest BCUT2D eigenvalue weighted by molar-refractivity contribution is 0.141. The highest BCUT2D eigenvalue weighted by atomic mass is 16.5. The average Bonchev–Trinajstić information content (AvgIpc) is 2.95. The number of nitrogens with zero attached hydrogens (tertiary/aromatic N) is 1. The van der Waals surface area contributed by atoms with Crippen molar-refractivity contribution in [3.05, 3.63) is 29.8 Å². The highest BCUT2D eigenvalue weighted by molar-refractivity contribution is 5.27. The molecular formula is C15H22N2O2. The molecule has 0 saturated carbocycles. The van der Waals surface area contributed by atoms with Crippen molar-refractivity contribution in [1.29, 1.82) is 0 Å². The molecule has 2 saturated heterocycles. The number of benzene rings is 1. The van der Waals surface area contributed by atoms with Gasteiger partial charge < -0.3 is 14.8 Å². The van der Waals surface area contributed by atoms with Crippen LogP contribution < -0.4 is 10.1 Å². The minimum Gasteiger partial charge on any atom is -0.488 e. The maximum absolute atomic E-state index is 5.87. The minimum atomic E-state index is 0.235. The molecule has 2 heterocycles. The molecule has 2 aliphatic rings. The van der Waals surface area contributed by atoms with E-state index in [0.29, 0.717) is 0 Å². The largest absolute Gasteiger partial charge is 0.488 e. The normalized spacial score (nSPS) is 24.5. The third kappa shape index (κ3) is 3.69. The van der Waals surface area contributed by atoms with Gasteiger partial charge in [0, 0.05) is 39.1 Å². The van der Waals surface area contributed by atoms with Crippen molar-refractivity contribution in [1.82, 2.24) is 10.2 Å². The fourth-order valence-corrected chi connectivity index (χ4v) is 2.60. The van der Waals surface area contributed by atoms with Gasteiger partial charge in [0.05, 0.1) is 13.2 Å². The summed E-state index contributed by atoms with van der Waals surface area (Å²) in [6.45, 7) is 7.06. The molecule has 0 amide bonds. The molecule has 0 bridgehead atoms. The van der Waals surface area contributed by atoms with Gasteiger partial charge in [0.1, 0.15) is 11.9 Å². The lowest BCUT2D eigenvalue weighted by atomic mass is 10.2. The van der Waals surface area contributed by atoms with Crippen molar-refractivity contribution in [3.8, 4) is 5.75 Å². The highest BCUT2D eigenvalue weighted by Crippen LogP contribution is 2.18. The predicted octanol–water partition coefficient (Wildman–Crippen LogP) is 1.26. The molecular weight excluding hydrogens is 240 g/mol. The third-order valence-corrected chi connectivity index (χ3v) is 3.73. The van der Waals surface area contributed by atoms with Gasteiger partial charge in [0.2, 0.25) is 0 Å². The monoisotopic (exact) mass is 262 g/mol. The summed E-state index contributed by atoms with van der Waals surface area (Å²) in [6, 6.07) is 8.51. The Morgan fingerprint density at radius 3 is 2.68 bits per heavy atom. The molecule has 3 rings (SSSR count). The Hall–Kier alpha value is -1.10. The number of ether oxygens (including phenoxy) is 2. The van der Waals surface area contributed by atoms with Crippen LogP contribution in [0.1, 0.15) is 12.0 Å². The number of hydrogen-bond acceptors (Lipinski definition) is 4. The molecule has 0 aromatic heterocycles. The van der Waals surface area contributed by atoms with Crippen molar-refractivity contribution in [2.45, 2.75) is 19.1 Å². The molecule has 0 radical (unpaired) electrons. The van der Waals surface area contributed by atoms with Crippen LogP contribution >= 0.6 is 0 Å². The molecule has 2 aliphatic heterocycles. The Kier molecular flexibility index (Phi) is 4.33. The van der Waals surface area contributed by atoms with Crippen LogP contribution in [-0.4, -0.2) is 50.4 Å². The molecule has 1 aromatic rings. The summed E-state index contributed by atoms with van der Waals surface area (Å²) >= 11 is 0. The van der Waals surface area contributed by atoms with Gasteiger partial charge in [-0.3, -0.25) is 4.90 Å². The fourth-order valence-electron chi connectivity index (χ4n) is 2.60. The van der Waals surface area contributed by atoms with Gasteiger partial charge in [0.15, 0.2) is 0 Å². The SMILES string of the molecule is c1cc(OC2CCOC2)ccc1CN1CCNCC1. The molecule has 4 nitrogen and oxygen atoms in total. The zero-order valence-corrected chi connectivity index (χ0v) is 11.3. The van der Waals surface area contributed by atoms with E-state index in [1.165, 1.54) is 5.56 Å². The molecule has 0 spiro atoms. The highest BCUT2D eigenvalue weighted by Gasteiger charge is 2.17. The standard InChI is InChI=1S/C15H22N2O2/c1-3-14(19-15-5-10-18-12-15)4-2-13(1)11-17-8-6-16-7-9-17/h1-4,15-16H,5-12H2. The molecule has 1 N–H and O–H groups in total. The molecule has 19 heavy (non-hydrogen) atoms. The van der Waals surface area contributed by atoms with E-state index in [1.807, 2.05) is 0 Å². The zero-order chi connectivity index (χ0) is 12.9.